The van der Waals surface area contributed by atoms with Gasteiger partial charge in [0.1, 0.15) is 0 Å². The third-order valence-corrected chi connectivity index (χ3v) is 5.60. The smallest absolute Gasteiger partial charge is 0.260 e. The lowest BCUT2D eigenvalue weighted by molar-refractivity contribution is 0.249. The molecule has 1 aliphatic heterocycles. The molecule has 1 aromatic heterocycles. The number of halogens is 1. The Morgan fingerprint density at radius 3 is 2.42 bits per heavy atom. The summed E-state index contributed by atoms with van der Waals surface area (Å²) in [7, 11) is -1.77. The molecule has 110 valence electrons. The van der Waals surface area contributed by atoms with Crippen molar-refractivity contribution in [3.8, 4) is 0 Å². The predicted molar refractivity (Wildman–Crippen MR) is 75.6 cm³/mol. The number of rotatable bonds is 3. The average molecular weight is 309 g/mol. The summed E-state index contributed by atoms with van der Waals surface area (Å²) in [6.07, 6.45) is 3.16. The molecule has 2 N–H and O–H groups in total. The first-order chi connectivity index (χ1) is 8.43. The molecule has 0 saturated carbocycles. The maximum Gasteiger partial charge on any atom is 0.260 e. The van der Waals surface area contributed by atoms with Gasteiger partial charge in [-0.3, -0.25) is 4.68 Å². The van der Waals surface area contributed by atoms with Crippen molar-refractivity contribution >= 4 is 22.4 Å². The monoisotopic (exact) mass is 308 g/mol. The largest absolute Gasteiger partial charge is 0.328 e. The van der Waals surface area contributed by atoms with Crippen LogP contribution in [0.2, 0.25) is 0 Å². The van der Waals surface area contributed by atoms with Crippen molar-refractivity contribution in [2.24, 2.45) is 18.7 Å². The third kappa shape index (κ3) is 3.28. The Hall–Kier alpha value is -0.630. The number of piperidine rings is 1. The van der Waals surface area contributed by atoms with E-state index in [-0.39, 0.29) is 23.5 Å². The van der Waals surface area contributed by atoms with Crippen molar-refractivity contribution in [2.75, 3.05) is 13.1 Å². The minimum atomic E-state index is -3.41. The first kappa shape index (κ1) is 16.4. The van der Waals surface area contributed by atoms with Crippen LogP contribution in [-0.2, 0) is 17.1 Å². The predicted octanol–water partition coefficient (Wildman–Crippen LogP) is 0.590. The van der Waals surface area contributed by atoms with Gasteiger partial charge in [-0.25, -0.2) is 8.42 Å². The Bertz CT molecular complexity index is 507. The molecule has 0 aromatic carbocycles. The van der Waals surface area contributed by atoms with E-state index in [1.807, 2.05) is 6.92 Å². The van der Waals surface area contributed by atoms with E-state index in [9.17, 15) is 8.42 Å². The molecule has 1 unspecified atom stereocenters. The van der Waals surface area contributed by atoms with Crippen LogP contribution in [0, 0.1) is 5.92 Å². The summed E-state index contributed by atoms with van der Waals surface area (Å²) in [5.41, 5.74) is 5.86. The van der Waals surface area contributed by atoms with Gasteiger partial charge in [0, 0.05) is 26.2 Å². The van der Waals surface area contributed by atoms with E-state index in [1.54, 1.807) is 7.05 Å². The Balaban J connectivity index is 0.00000180. The highest BCUT2D eigenvalue weighted by Gasteiger charge is 2.31. The summed E-state index contributed by atoms with van der Waals surface area (Å²) in [6, 6.07) is 1.67. The van der Waals surface area contributed by atoms with Gasteiger partial charge in [0.2, 0.25) is 0 Å². The molecule has 6 nitrogen and oxygen atoms in total. The molecule has 1 aliphatic rings. The fourth-order valence-corrected chi connectivity index (χ4v) is 3.96. The van der Waals surface area contributed by atoms with Crippen LogP contribution in [0.15, 0.2) is 17.3 Å². The topological polar surface area (TPSA) is 81.2 Å². The maximum atomic E-state index is 12.4. The van der Waals surface area contributed by atoms with E-state index < -0.39 is 10.0 Å². The van der Waals surface area contributed by atoms with Crippen LogP contribution in [0.4, 0.5) is 0 Å². The van der Waals surface area contributed by atoms with Gasteiger partial charge >= 0.3 is 0 Å². The molecule has 1 aromatic rings. The molecule has 2 rings (SSSR count). The number of aromatic nitrogens is 2. The molecule has 1 saturated heterocycles. The number of nitrogens with zero attached hydrogens (tertiary/aromatic N) is 3. The molecule has 2 heterocycles. The van der Waals surface area contributed by atoms with Crippen LogP contribution in [0.25, 0.3) is 0 Å². The summed E-state index contributed by atoms with van der Waals surface area (Å²) in [5.74, 6) is 0.419. The molecular weight excluding hydrogens is 288 g/mol. The number of hydrogen-bond donors (Lipinski definition) is 1. The summed E-state index contributed by atoms with van der Waals surface area (Å²) >= 11 is 0. The number of aryl methyl sites for hydroxylation is 1. The Morgan fingerprint density at radius 2 is 2.00 bits per heavy atom. The molecule has 0 amide bonds. The van der Waals surface area contributed by atoms with Gasteiger partial charge < -0.3 is 5.73 Å². The average Bonchev–Trinajstić information content (AvgIpc) is 2.76. The maximum absolute atomic E-state index is 12.4. The minimum absolute atomic E-state index is 0. The second-order valence-corrected chi connectivity index (χ2v) is 6.78. The van der Waals surface area contributed by atoms with E-state index in [2.05, 4.69) is 5.10 Å². The second-order valence-electron chi connectivity index (χ2n) is 4.89. The number of sulfonamides is 1. The van der Waals surface area contributed by atoms with Gasteiger partial charge in [-0.15, -0.1) is 12.4 Å². The first-order valence-electron chi connectivity index (χ1n) is 6.16. The lowest BCUT2D eigenvalue weighted by Gasteiger charge is -2.32. The summed E-state index contributed by atoms with van der Waals surface area (Å²) in [6.45, 7) is 3.06. The summed E-state index contributed by atoms with van der Waals surface area (Å²) in [4.78, 5) is 0. The zero-order chi connectivity index (χ0) is 13.3. The van der Waals surface area contributed by atoms with E-state index in [1.165, 1.54) is 21.3 Å². The van der Waals surface area contributed by atoms with Crippen molar-refractivity contribution in [1.29, 1.82) is 0 Å². The SMILES string of the molecule is CC(N)C1CCN(S(=O)(=O)c2ccnn2C)CC1.Cl. The van der Waals surface area contributed by atoms with Crippen molar-refractivity contribution in [2.45, 2.75) is 30.8 Å². The van der Waals surface area contributed by atoms with Crippen LogP contribution < -0.4 is 5.73 Å². The van der Waals surface area contributed by atoms with Crippen molar-refractivity contribution in [3.05, 3.63) is 12.3 Å². The molecule has 0 radical (unpaired) electrons. The third-order valence-electron chi connectivity index (χ3n) is 3.62. The van der Waals surface area contributed by atoms with Crippen LogP contribution in [0.3, 0.4) is 0 Å². The molecule has 8 heteroatoms. The van der Waals surface area contributed by atoms with Crippen molar-refractivity contribution in [3.63, 3.8) is 0 Å². The fraction of sp³-hybridized carbons (Fsp3) is 0.727. The highest BCUT2D eigenvalue weighted by Crippen LogP contribution is 2.24. The Kier molecular flexibility index (Phi) is 5.37. The normalized spacial score (nSPS) is 19.9. The van der Waals surface area contributed by atoms with Gasteiger partial charge in [0.25, 0.3) is 10.0 Å². The van der Waals surface area contributed by atoms with Crippen LogP contribution in [0.1, 0.15) is 19.8 Å². The highest BCUT2D eigenvalue weighted by atomic mass is 35.5. The lowest BCUT2D eigenvalue weighted by Crippen LogP contribution is -2.42. The molecule has 1 atom stereocenters. The molecule has 0 spiro atoms. The summed E-state index contributed by atoms with van der Waals surface area (Å²) < 4.78 is 27.7. The standard InChI is InChI=1S/C11H20N4O2S.ClH/c1-9(12)10-4-7-15(8-5-10)18(16,17)11-3-6-13-14(11)2;/h3,6,9-10H,4-5,7-8,12H2,1-2H3;1H. The van der Waals surface area contributed by atoms with Gasteiger partial charge in [0.15, 0.2) is 5.03 Å². The zero-order valence-electron chi connectivity index (χ0n) is 11.2. The minimum Gasteiger partial charge on any atom is -0.328 e. The van der Waals surface area contributed by atoms with Gasteiger partial charge in [-0.05, 0) is 31.7 Å². The van der Waals surface area contributed by atoms with E-state index in [4.69, 9.17) is 5.73 Å². The lowest BCUT2D eigenvalue weighted by atomic mass is 9.92. The number of nitrogens with two attached hydrogens (primary N) is 1. The van der Waals surface area contributed by atoms with Crippen LogP contribution in [-0.4, -0.2) is 41.6 Å². The quantitative estimate of drug-likeness (QED) is 0.886. The van der Waals surface area contributed by atoms with E-state index in [0.717, 1.165) is 12.8 Å². The Morgan fingerprint density at radius 1 is 1.42 bits per heavy atom. The molecule has 19 heavy (non-hydrogen) atoms. The zero-order valence-corrected chi connectivity index (χ0v) is 12.8. The van der Waals surface area contributed by atoms with Crippen LogP contribution >= 0.6 is 12.4 Å². The summed E-state index contributed by atoms with van der Waals surface area (Å²) in [5, 5.41) is 4.16. The van der Waals surface area contributed by atoms with E-state index in [0.29, 0.717) is 19.0 Å². The van der Waals surface area contributed by atoms with Crippen molar-refractivity contribution < 1.29 is 8.42 Å². The van der Waals surface area contributed by atoms with E-state index >= 15 is 0 Å². The van der Waals surface area contributed by atoms with Crippen molar-refractivity contribution in [1.82, 2.24) is 14.1 Å². The second kappa shape index (κ2) is 6.21. The fourth-order valence-electron chi connectivity index (χ4n) is 2.39. The molecule has 0 aliphatic carbocycles. The Labute approximate surface area is 120 Å². The van der Waals surface area contributed by atoms with Gasteiger partial charge in [-0.1, -0.05) is 0 Å². The van der Waals surface area contributed by atoms with Gasteiger partial charge in [-0.2, -0.15) is 9.40 Å². The number of hydrogen-bond acceptors (Lipinski definition) is 4. The first-order valence-corrected chi connectivity index (χ1v) is 7.60. The highest BCUT2D eigenvalue weighted by molar-refractivity contribution is 7.89. The molecule has 1 fully saturated rings. The molecule has 0 bridgehead atoms. The van der Waals surface area contributed by atoms with Gasteiger partial charge in [0.05, 0.1) is 6.20 Å². The molecular formula is C11H21ClN4O2S. The van der Waals surface area contributed by atoms with Crippen LogP contribution in [0.5, 0.6) is 0 Å².